The van der Waals surface area contributed by atoms with E-state index in [-0.39, 0.29) is 16.7 Å². The van der Waals surface area contributed by atoms with Crippen LogP contribution in [0, 0.1) is 0 Å². The van der Waals surface area contributed by atoms with E-state index in [4.69, 9.17) is 9.47 Å². The summed E-state index contributed by atoms with van der Waals surface area (Å²) in [6.07, 6.45) is 0. The number of carbonyl (C=O) groups is 2. The Bertz CT molecular complexity index is 1300. The van der Waals surface area contributed by atoms with Crippen LogP contribution in [-0.2, 0) is 15.0 Å². The Kier molecular flexibility index (Phi) is 6.39. The minimum Gasteiger partial charge on any atom is -0.507 e. The predicted molar refractivity (Wildman–Crippen MR) is 136 cm³/mol. The first-order valence-corrected chi connectivity index (χ1v) is 11.4. The fourth-order valence-corrected chi connectivity index (χ4v) is 4.37. The second kappa shape index (κ2) is 9.29. The van der Waals surface area contributed by atoms with E-state index in [2.05, 4.69) is 20.8 Å². The van der Waals surface area contributed by atoms with E-state index in [9.17, 15) is 14.7 Å². The average molecular weight is 472 g/mol. The molecule has 4 rings (SSSR count). The number of ketones is 1. The van der Waals surface area contributed by atoms with E-state index in [1.165, 1.54) is 19.1 Å². The molecule has 1 N–H and O–H groups in total. The van der Waals surface area contributed by atoms with E-state index >= 15 is 0 Å². The monoisotopic (exact) mass is 471 g/mol. The highest BCUT2D eigenvalue weighted by Gasteiger charge is 2.48. The Labute approximate surface area is 205 Å². The molecule has 0 saturated carbocycles. The number of carbonyl (C=O) groups excluding carboxylic acids is 2. The van der Waals surface area contributed by atoms with Crippen LogP contribution < -0.4 is 14.4 Å². The van der Waals surface area contributed by atoms with Gasteiger partial charge in [0.15, 0.2) is 0 Å². The third kappa shape index (κ3) is 4.28. The Morgan fingerprint density at radius 2 is 1.49 bits per heavy atom. The number of Topliss-reactive ketones (excluding diaryl/α,β-unsaturated/α-hetero) is 1. The molecule has 3 aromatic rings. The van der Waals surface area contributed by atoms with Gasteiger partial charge in [-0.3, -0.25) is 14.5 Å². The summed E-state index contributed by atoms with van der Waals surface area (Å²) in [5.41, 5.74) is 2.24. The fraction of sp³-hybridized carbons (Fsp3) is 0.241. The summed E-state index contributed by atoms with van der Waals surface area (Å²) in [7, 11) is 3.01. The zero-order valence-electron chi connectivity index (χ0n) is 20.5. The lowest BCUT2D eigenvalue weighted by atomic mass is 9.85. The fourth-order valence-electron chi connectivity index (χ4n) is 4.37. The van der Waals surface area contributed by atoms with E-state index in [1.807, 2.05) is 42.5 Å². The maximum Gasteiger partial charge on any atom is 0.300 e. The molecule has 0 radical (unpaired) electrons. The third-order valence-electron chi connectivity index (χ3n) is 6.23. The first kappa shape index (κ1) is 24.1. The van der Waals surface area contributed by atoms with Gasteiger partial charge in [-0.05, 0) is 40.8 Å². The van der Waals surface area contributed by atoms with E-state index in [0.717, 1.165) is 5.56 Å². The van der Waals surface area contributed by atoms with E-state index in [0.29, 0.717) is 28.3 Å². The second-order valence-corrected chi connectivity index (χ2v) is 9.42. The molecule has 1 heterocycles. The second-order valence-electron chi connectivity index (χ2n) is 9.42. The number of rotatable bonds is 5. The molecule has 0 bridgehead atoms. The Morgan fingerprint density at radius 3 is 2.11 bits per heavy atom. The molecule has 0 aliphatic carbocycles. The predicted octanol–water partition coefficient (Wildman–Crippen LogP) is 5.63. The molecule has 1 saturated heterocycles. The van der Waals surface area contributed by atoms with Crippen molar-refractivity contribution in [1.29, 1.82) is 0 Å². The van der Waals surface area contributed by atoms with Gasteiger partial charge < -0.3 is 14.6 Å². The van der Waals surface area contributed by atoms with Crippen LogP contribution in [0.2, 0.25) is 0 Å². The van der Waals surface area contributed by atoms with Crippen molar-refractivity contribution in [1.82, 2.24) is 0 Å². The highest BCUT2D eigenvalue weighted by Crippen LogP contribution is 2.46. The molecule has 6 heteroatoms. The zero-order chi connectivity index (χ0) is 25.3. The van der Waals surface area contributed by atoms with Gasteiger partial charge in [-0.15, -0.1) is 0 Å². The minimum atomic E-state index is -0.851. The van der Waals surface area contributed by atoms with Crippen LogP contribution in [0.15, 0.2) is 78.4 Å². The number of anilines is 1. The van der Waals surface area contributed by atoms with Gasteiger partial charge >= 0.3 is 0 Å². The van der Waals surface area contributed by atoms with Gasteiger partial charge in [0.2, 0.25) is 0 Å². The van der Waals surface area contributed by atoms with Crippen LogP contribution in [0.1, 0.15) is 43.5 Å². The summed E-state index contributed by atoms with van der Waals surface area (Å²) in [5, 5.41) is 11.6. The molecule has 1 unspecified atom stereocenters. The maximum atomic E-state index is 13.5. The number of ether oxygens (including phenoxy) is 2. The number of aliphatic hydroxyl groups excluding tert-OH is 1. The molecular weight excluding hydrogens is 442 g/mol. The van der Waals surface area contributed by atoms with Crippen molar-refractivity contribution < 1.29 is 24.2 Å². The molecule has 1 amide bonds. The number of methoxy groups -OCH3 is 2. The maximum absolute atomic E-state index is 13.5. The quantitative estimate of drug-likeness (QED) is 0.297. The standard InChI is InChI=1S/C29H29NO5/c1-29(2,3)19-15-16-22(34-4)20(17-19)26(31)24-25(18-11-7-6-8-12-18)30(28(33)27(24)32)21-13-9-10-14-23(21)35-5/h6-17,25,31H,1-5H3/b26-24+. The number of benzene rings is 3. The Hall–Kier alpha value is -4.06. The van der Waals surface area contributed by atoms with Crippen molar-refractivity contribution in [2.45, 2.75) is 32.2 Å². The molecule has 1 aliphatic heterocycles. The van der Waals surface area contributed by atoms with Crippen molar-refractivity contribution in [3.8, 4) is 11.5 Å². The molecule has 1 atom stereocenters. The van der Waals surface area contributed by atoms with E-state index < -0.39 is 17.7 Å². The number of hydrogen-bond acceptors (Lipinski definition) is 5. The normalized spacial score (nSPS) is 17.5. The lowest BCUT2D eigenvalue weighted by Gasteiger charge is -2.27. The molecule has 1 fully saturated rings. The van der Waals surface area contributed by atoms with Gasteiger partial charge in [-0.2, -0.15) is 0 Å². The summed E-state index contributed by atoms with van der Waals surface area (Å²) in [6.45, 7) is 6.18. The summed E-state index contributed by atoms with van der Waals surface area (Å²) in [6, 6.07) is 20.8. The summed E-state index contributed by atoms with van der Waals surface area (Å²) < 4.78 is 11.0. The minimum absolute atomic E-state index is 0.00327. The highest BCUT2D eigenvalue weighted by molar-refractivity contribution is 6.52. The van der Waals surface area contributed by atoms with Gasteiger partial charge in [0.25, 0.3) is 11.7 Å². The van der Waals surface area contributed by atoms with Crippen LogP contribution in [0.4, 0.5) is 5.69 Å². The van der Waals surface area contributed by atoms with Crippen LogP contribution in [0.25, 0.3) is 5.76 Å². The van der Waals surface area contributed by atoms with Crippen molar-refractivity contribution >= 4 is 23.1 Å². The molecule has 180 valence electrons. The summed E-state index contributed by atoms with van der Waals surface area (Å²) in [4.78, 5) is 28.3. The van der Waals surface area contributed by atoms with Crippen LogP contribution in [0.5, 0.6) is 11.5 Å². The molecule has 1 aliphatic rings. The molecule has 0 spiro atoms. The first-order valence-electron chi connectivity index (χ1n) is 11.4. The Morgan fingerprint density at radius 1 is 0.857 bits per heavy atom. The van der Waals surface area contributed by atoms with Gasteiger partial charge in [-0.25, -0.2) is 0 Å². The topological polar surface area (TPSA) is 76.1 Å². The van der Waals surface area contributed by atoms with Crippen LogP contribution >= 0.6 is 0 Å². The zero-order valence-corrected chi connectivity index (χ0v) is 20.5. The lowest BCUT2D eigenvalue weighted by Crippen LogP contribution is -2.29. The largest absolute Gasteiger partial charge is 0.507 e. The first-order chi connectivity index (χ1) is 16.7. The van der Waals surface area contributed by atoms with Crippen LogP contribution in [-0.4, -0.2) is 31.0 Å². The van der Waals surface area contributed by atoms with Crippen molar-refractivity contribution in [3.63, 3.8) is 0 Å². The number of nitrogens with zero attached hydrogens (tertiary/aromatic N) is 1. The van der Waals surface area contributed by atoms with Gasteiger partial charge in [-0.1, -0.05) is 69.3 Å². The van der Waals surface area contributed by atoms with Gasteiger partial charge in [0, 0.05) is 0 Å². The molecule has 0 aromatic heterocycles. The average Bonchev–Trinajstić information content (AvgIpc) is 3.13. The number of para-hydroxylation sites is 2. The highest BCUT2D eigenvalue weighted by atomic mass is 16.5. The molecule has 3 aromatic carbocycles. The SMILES string of the molecule is COc1ccc(C(C)(C)C)cc1/C(O)=C1\C(=O)C(=O)N(c2ccccc2OC)C1c1ccccc1. The number of amides is 1. The summed E-state index contributed by atoms with van der Waals surface area (Å²) in [5.74, 6) is -0.938. The van der Waals surface area contributed by atoms with E-state index in [1.54, 1.807) is 30.3 Å². The molecular formula is C29H29NO5. The van der Waals surface area contributed by atoms with Gasteiger partial charge in [0.1, 0.15) is 17.3 Å². The van der Waals surface area contributed by atoms with Crippen molar-refractivity contribution in [2.24, 2.45) is 0 Å². The molecule has 35 heavy (non-hydrogen) atoms. The van der Waals surface area contributed by atoms with Crippen molar-refractivity contribution in [2.75, 3.05) is 19.1 Å². The molecule has 6 nitrogen and oxygen atoms in total. The smallest absolute Gasteiger partial charge is 0.300 e. The Balaban J connectivity index is 2.01. The summed E-state index contributed by atoms with van der Waals surface area (Å²) >= 11 is 0. The van der Waals surface area contributed by atoms with Gasteiger partial charge in [0.05, 0.1) is 37.1 Å². The lowest BCUT2D eigenvalue weighted by molar-refractivity contribution is -0.132. The number of hydrogen-bond donors (Lipinski definition) is 1. The van der Waals surface area contributed by atoms with Crippen LogP contribution in [0.3, 0.4) is 0 Å². The third-order valence-corrected chi connectivity index (χ3v) is 6.23. The number of aliphatic hydroxyl groups is 1. The van der Waals surface area contributed by atoms with Crippen molar-refractivity contribution in [3.05, 3.63) is 95.1 Å².